The lowest BCUT2D eigenvalue weighted by molar-refractivity contribution is 0.171. The molecule has 0 amide bonds. The van der Waals surface area contributed by atoms with Crippen LogP contribution >= 0.6 is 23.2 Å². The van der Waals surface area contributed by atoms with E-state index < -0.39 is 5.56 Å². The predicted octanol–water partition coefficient (Wildman–Crippen LogP) is 4.86. The Balaban J connectivity index is 1.75. The Morgan fingerprint density at radius 1 is 0.885 bits per heavy atom. The summed E-state index contributed by atoms with van der Waals surface area (Å²) in [5.74, 6) is 1.26. The minimum absolute atomic E-state index is 0.109. The van der Waals surface area contributed by atoms with Crippen LogP contribution in [-0.4, -0.2) is 23.4 Å². The molecule has 1 aliphatic rings. The van der Waals surface area contributed by atoms with Gasteiger partial charge < -0.3 is 9.47 Å². The van der Waals surface area contributed by atoms with E-state index in [0.29, 0.717) is 51.7 Å². The Hall–Kier alpha value is -2.77. The van der Waals surface area contributed by atoms with Crippen LogP contribution in [0, 0.1) is 0 Å². The summed E-state index contributed by atoms with van der Waals surface area (Å²) in [5, 5.41) is 14.1. The van der Waals surface area contributed by atoms with E-state index in [1.165, 1.54) is 0 Å². The zero-order chi connectivity index (χ0) is 18.1. The van der Waals surface area contributed by atoms with Crippen LogP contribution in [0.4, 0.5) is 11.4 Å². The number of azo groups is 1. The summed E-state index contributed by atoms with van der Waals surface area (Å²) in [6.07, 6.45) is 0. The minimum atomic E-state index is -0.415. The van der Waals surface area contributed by atoms with E-state index in [1.54, 1.807) is 36.4 Å². The van der Waals surface area contributed by atoms with Crippen LogP contribution in [0.3, 0.4) is 0 Å². The zero-order valence-electron chi connectivity index (χ0n) is 13.3. The van der Waals surface area contributed by atoms with Crippen LogP contribution in [-0.2, 0) is 0 Å². The first-order valence-corrected chi connectivity index (χ1v) is 8.45. The second-order valence-electron chi connectivity index (χ2n) is 5.43. The Morgan fingerprint density at radius 3 is 2.35 bits per heavy atom. The van der Waals surface area contributed by atoms with Gasteiger partial charge in [-0.3, -0.25) is 15.0 Å². The van der Waals surface area contributed by atoms with Gasteiger partial charge in [0.15, 0.2) is 17.2 Å². The highest BCUT2D eigenvalue weighted by Crippen LogP contribution is 2.37. The van der Waals surface area contributed by atoms with Crippen molar-refractivity contribution in [1.82, 2.24) is 10.2 Å². The SMILES string of the molecule is O=c1[nH][nH]c(-c2ccc3c(c2)OCCO3)c1N=Nc1c(Cl)cccc1Cl. The van der Waals surface area contributed by atoms with E-state index in [9.17, 15) is 4.79 Å². The van der Waals surface area contributed by atoms with E-state index in [2.05, 4.69) is 20.4 Å². The Kier molecular flexibility index (Phi) is 4.40. The molecule has 1 aliphatic heterocycles. The van der Waals surface area contributed by atoms with Gasteiger partial charge >= 0.3 is 0 Å². The molecule has 7 nitrogen and oxygen atoms in total. The van der Waals surface area contributed by atoms with Crippen molar-refractivity contribution in [3.63, 3.8) is 0 Å². The number of hydrogen-bond acceptors (Lipinski definition) is 5. The molecule has 0 saturated heterocycles. The predicted molar refractivity (Wildman–Crippen MR) is 98.5 cm³/mol. The fourth-order valence-electron chi connectivity index (χ4n) is 2.54. The molecular formula is C17H12Cl2N4O3. The first-order chi connectivity index (χ1) is 12.6. The molecule has 3 aromatic rings. The van der Waals surface area contributed by atoms with E-state index in [0.717, 1.165) is 0 Å². The molecule has 0 spiro atoms. The average Bonchev–Trinajstić information content (AvgIpc) is 3.01. The lowest BCUT2D eigenvalue weighted by Gasteiger charge is -2.18. The Labute approximate surface area is 157 Å². The topological polar surface area (TPSA) is 91.8 Å². The molecule has 26 heavy (non-hydrogen) atoms. The Morgan fingerprint density at radius 2 is 1.58 bits per heavy atom. The van der Waals surface area contributed by atoms with Gasteiger partial charge in [-0.1, -0.05) is 29.3 Å². The number of hydrogen-bond donors (Lipinski definition) is 2. The van der Waals surface area contributed by atoms with Crippen LogP contribution < -0.4 is 15.0 Å². The number of nitrogens with zero attached hydrogens (tertiary/aromatic N) is 2. The second kappa shape index (κ2) is 6.86. The van der Waals surface area contributed by atoms with E-state index >= 15 is 0 Å². The number of halogens is 2. The third-order valence-electron chi connectivity index (χ3n) is 3.77. The third-order valence-corrected chi connectivity index (χ3v) is 4.38. The molecule has 0 fully saturated rings. The molecule has 2 aromatic carbocycles. The second-order valence-corrected chi connectivity index (χ2v) is 6.25. The van der Waals surface area contributed by atoms with Crippen LogP contribution in [0.15, 0.2) is 51.4 Å². The third kappa shape index (κ3) is 3.07. The van der Waals surface area contributed by atoms with Gasteiger partial charge in [0.05, 0.1) is 15.7 Å². The number of nitrogens with one attached hydrogen (secondary N) is 2. The smallest absolute Gasteiger partial charge is 0.292 e. The molecule has 132 valence electrons. The highest BCUT2D eigenvalue weighted by Gasteiger charge is 2.17. The van der Waals surface area contributed by atoms with Gasteiger partial charge in [-0.25, -0.2) is 0 Å². The first-order valence-electron chi connectivity index (χ1n) is 7.70. The average molecular weight is 391 g/mol. The van der Waals surface area contributed by atoms with E-state index in [-0.39, 0.29) is 5.69 Å². The number of fused-ring (bicyclic) bond motifs is 1. The number of benzene rings is 2. The zero-order valence-corrected chi connectivity index (χ0v) is 14.8. The summed E-state index contributed by atoms with van der Waals surface area (Å²) in [6, 6.07) is 10.3. The highest BCUT2D eigenvalue weighted by molar-refractivity contribution is 6.38. The maximum atomic E-state index is 12.1. The summed E-state index contributed by atoms with van der Waals surface area (Å²) < 4.78 is 11.1. The molecule has 9 heteroatoms. The number of aromatic nitrogens is 2. The fourth-order valence-corrected chi connectivity index (χ4v) is 3.01. The van der Waals surface area contributed by atoms with Crippen molar-refractivity contribution in [1.29, 1.82) is 0 Å². The molecule has 0 saturated carbocycles. The minimum Gasteiger partial charge on any atom is -0.486 e. The summed E-state index contributed by atoms with van der Waals surface area (Å²) in [4.78, 5) is 12.1. The monoisotopic (exact) mass is 390 g/mol. The molecule has 2 N–H and O–H groups in total. The maximum Gasteiger partial charge on any atom is 0.292 e. The van der Waals surface area contributed by atoms with Gasteiger partial charge in [-0.15, -0.1) is 10.2 Å². The van der Waals surface area contributed by atoms with Gasteiger partial charge in [0.1, 0.15) is 18.9 Å². The number of ether oxygens (including phenoxy) is 2. The van der Waals surface area contributed by atoms with Crippen molar-refractivity contribution in [2.75, 3.05) is 13.2 Å². The number of H-pyrrole nitrogens is 2. The highest BCUT2D eigenvalue weighted by atomic mass is 35.5. The van der Waals surface area contributed by atoms with Crippen LogP contribution in [0.25, 0.3) is 11.3 Å². The van der Waals surface area contributed by atoms with E-state index in [4.69, 9.17) is 32.7 Å². The van der Waals surface area contributed by atoms with Crippen molar-refractivity contribution in [3.8, 4) is 22.8 Å². The summed E-state index contributed by atoms with van der Waals surface area (Å²) in [7, 11) is 0. The molecule has 0 aliphatic carbocycles. The molecular weight excluding hydrogens is 379 g/mol. The van der Waals surface area contributed by atoms with Crippen molar-refractivity contribution in [2.24, 2.45) is 10.2 Å². The molecule has 0 unspecified atom stereocenters. The number of rotatable bonds is 3. The quantitative estimate of drug-likeness (QED) is 0.625. The van der Waals surface area contributed by atoms with Crippen LogP contribution in [0.1, 0.15) is 0 Å². The van der Waals surface area contributed by atoms with Gasteiger partial charge in [-0.05, 0) is 30.3 Å². The molecule has 0 atom stereocenters. The number of aromatic amines is 2. The Bertz CT molecular complexity index is 1040. The van der Waals surface area contributed by atoms with Crippen LogP contribution in [0.5, 0.6) is 11.5 Å². The summed E-state index contributed by atoms with van der Waals surface area (Å²) in [6.45, 7) is 0.975. The lowest BCUT2D eigenvalue weighted by atomic mass is 10.1. The van der Waals surface area contributed by atoms with E-state index in [1.807, 2.05) is 0 Å². The fraction of sp³-hybridized carbons (Fsp3) is 0.118. The lowest BCUT2D eigenvalue weighted by Crippen LogP contribution is -2.15. The van der Waals surface area contributed by atoms with Gasteiger partial charge in [-0.2, -0.15) is 0 Å². The maximum absolute atomic E-state index is 12.1. The summed E-state index contributed by atoms with van der Waals surface area (Å²) >= 11 is 12.2. The molecule has 0 bridgehead atoms. The van der Waals surface area contributed by atoms with Crippen molar-refractivity contribution in [2.45, 2.75) is 0 Å². The van der Waals surface area contributed by atoms with Crippen LogP contribution in [0.2, 0.25) is 10.0 Å². The normalized spacial score (nSPS) is 13.3. The first kappa shape index (κ1) is 16.7. The van der Waals surface area contributed by atoms with Gasteiger partial charge in [0, 0.05) is 5.56 Å². The molecule has 2 heterocycles. The van der Waals surface area contributed by atoms with Crippen molar-refractivity contribution < 1.29 is 9.47 Å². The van der Waals surface area contributed by atoms with Crippen molar-refractivity contribution in [3.05, 3.63) is 56.8 Å². The molecule has 1 aromatic heterocycles. The largest absolute Gasteiger partial charge is 0.486 e. The van der Waals surface area contributed by atoms with Gasteiger partial charge in [0.2, 0.25) is 0 Å². The molecule has 4 rings (SSSR count). The van der Waals surface area contributed by atoms with Gasteiger partial charge in [0.25, 0.3) is 5.56 Å². The molecule has 0 radical (unpaired) electrons. The van der Waals surface area contributed by atoms with Crippen molar-refractivity contribution >= 4 is 34.6 Å². The standard InChI is InChI=1S/C17H12Cl2N4O3/c18-10-2-1-3-11(19)15(10)21-22-16-14(20-23-17(16)24)9-4-5-12-13(8-9)26-7-6-25-12/h1-5,8H,6-7H2,(H2,20,23,24). The summed E-state index contributed by atoms with van der Waals surface area (Å²) in [5.41, 5.74) is 1.16.